The van der Waals surface area contributed by atoms with Crippen molar-refractivity contribution in [1.29, 1.82) is 0 Å². The van der Waals surface area contributed by atoms with Crippen LogP contribution < -0.4 is 19.5 Å². The Bertz CT molecular complexity index is 922. The first-order chi connectivity index (χ1) is 15.1. The largest absolute Gasteiger partial charge is 0.490 e. The number of carboxylic acid groups (broad SMARTS) is 1. The van der Waals surface area contributed by atoms with Gasteiger partial charge in [-0.15, -0.1) is 0 Å². The van der Waals surface area contributed by atoms with E-state index in [-0.39, 0.29) is 18.3 Å². The van der Waals surface area contributed by atoms with E-state index in [4.69, 9.17) is 19.3 Å². The highest BCUT2D eigenvalue weighted by Crippen LogP contribution is 2.39. The van der Waals surface area contributed by atoms with Crippen molar-refractivity contribution in [2.45, 2.75) is 38.7 Å². The van der Waals surface area contributed by atoms with Gasteiger partial charge in [0.15, 0.2) is 11.5 Å². The van der Waals surface area contributed by atoms with Gasteiger partial charge in [0, 0.05) is 5.56 Å². The molecule has 0 fully saturated rings. The quantitative estimate of drug-likeness (QED) is 0.424. The molecule has 7 heteroatoms. The maximum absolute atomic E-state index is 12.6. The van der Waals surface area contributed by atoms with Crippen LogP contribution in [0.15, 0.2) is 54.6 Å². The molecule has 1 atom stereocenters. The number of benzene rings is 2. The van der Waals surface area contributed by atoms with Gasteiger partial charge in [-0.1, -0.05) is 38.0 Å². The van der Waals surface area contributed by atoms with E-state index in [2.05, 4.69) is 18.3 Å². The summed E-state index contributed by atoms with van der Waals surface area (Å²) in [6.07, 6.45) is 7.69. The molecular weight excluding hydrogens is 398 g/mol. The summed E-state index contributed by atoms with van der Waals surface area (Å²) in [7, 11) is 0. The average molecular weight is 425 g/mol. The molecule has 3 rings (SSSR count). The Morgan fingerprint density at radius 3 is 2.71 bits per heavy atom. The van der Waals surface area contributed by atoms with Gasteiger partial charge in [0.25, 0.3) is 5.91 Å². The number of rotatable bonds is 10. The normalized spacial score (nSPS) is 14.9. The van der Waals surface area contributed by atoms with E-state index in [1.54, 1.807) is 42.5 Å². The monoisotopic (exact) mass is 425 g/mol. The predicted octanol–water partition coefficient (Wildman–Crippen LogP) is 4.68. The van der Waals surface area contributed by atoms with Crippen molar-refractivity contribution < 1.29 is 28.9 Å². The molecule has 1 aliphatic rings. The zero-order chi connectivity index (χ0) is 22.1. The topological polar surface area (TPSA) is 94.1 Å². The number of anilines is 1. The Kier molecular flexibility index (Phi) is 7.92. The Labute approximate surface area is 181 Å². The van der Waals surface area contributed by atoms with Crippen LogP contribution in [0, 0.1) is 0 Å². The summed E-state index contributed by atoms with van der Waals surface area (Å²) in [5.74, 6) is -0.204. The first-order valence-electron chi connectivity index (χ1n) is 10.4. The Hall–Kier alpha value is -3.48. The van der Waals surface area contributed by atoms with Crippen LogP contribution in [-0.4, -0.2) is 36.3 Å². The number of fused-ring (bicyclic) bond motifs is 1. The lowest BCUT2D eigenvalue weighted by Crippen LogP contribution is -2.36. The predicted molar refractivity (Wildman–Crippen MR) is 117 cm³/mol. The number of unbranched alkanes of at least 4 members (excludes halogenated alkanes) is 3. The third kappa shape index (κ3) is 6.25. The number of carbonyl (C=O) groups excluding carboxylic acids is 1. The van der Waals surface area contributed by atoms with Crippen LogP contribution in [0.4, 0.5) is 5.69 Å². The molecule has 0 saturated carbocycles. The number of nitrogens with one attached hydrogen (secondary N) is 1. The first-order valence-corrected chi connectivity index (χ1v) is 10.4. The number of carboxylic acids is 1. The van der Waals surface area contributed by atoms with Crippen molar-refractivity contribution in [1.82, 2.24) is 0 Å². The highest BCUT2D eigenvalue weighted by Gasteiger charge is 2.29. The number of allylic oxidation sites excluding steroid dienone is 1. The summed E-state index contributed by atoms with van der Waals surface area (Å²) >= 11 is 0. The lowest BCUT2D eigenvalue weighted by Gasteiger charge is -2.25. The zero-order valence-electron chi connectivity index (χ0n) is 17.5. The number of ether oxygens (including phenoxy) is 3. The molecule has 1 aliphatic heterocycles. The van der Waals surface area contributed by atoms with Gasteiger partial charge in [0.2, 0.25) is 6.10 Å². The molecule has 0 saturated heterocycles. The second kappa shape index (κ2) is 11.1. The molecule has 2 N–H and O–H groups in total. The minimum absolute atomic E-state index is 0.0882. The third-order valence-electron chi connectivity index (χ3n) is 4.76. The maximum atomic E-state index is 12.6. The number of amides is 1. The van der Waals surface area contributed by atoms with Crippen molar-refractivity contribution in [2.24, 2.45) is 0 Å². The summed E-state index contributed by atoms with van der Waals surface area (Å²) in [6.45, 7) is 2.58. The van der Waals surface area contributed by atoms with Gasteiger partial charge in [-0.05, 0) is 49.2 Å². The molecule has 0 aromatic heterocycles. The molecular formula is C24H27NO6. The fraction of sp³-hybridized carbons (Fsp3) is 0.333. The molecule has 2 aromatic carbocycles. The molecule has 31 heavy (non-hydrogen) atoms. The van der Waals surface area contributed by atoms with Crippen molar-refractivity contribution in [3.63, 3.8) is 0 Å². The van der Waals surface area contributed by atoms with Crippen molar-refractivity contribution >= 4 is 17.6 Å². The van der Waals surface area contributed by atoms with E-state index in [0.29, 0.717) is 29.4 Å². The van der Waals surface area contributed by atoms with Crippen LogP contribution in [0.5, 0.6) is 17.2 Å². The van der Waals surface area contributed by atoms with Gasteiger partial charge in [-0.3, -0.25) is 4.79 Å². The molecule has 0 spiro atoms. The Balaban J connectivity index is 1.56. The van der Waals surface area contributed by atoms with E-state index < -0.39 is 12.1 Å². The van der Waals surface area contributed by atoms with Crippen LogP contribution in [0.1, 0.15) is 43.0 Å². The molecule has 2 aromatic rings. The van der Waals surface area contributed by atoms with Crippen LogP contribution in [0.3, 0.4) is 0 Å². The van der Waals surface area contributed by atoms with E-state index in [1.807, 2.05) is 6.08 Å². The second-order valence-corrected chi connectivity index (χ2v) is 7.15. The summed E-state index contributed by atoms with van der Waals surface area (Å²) in [5, 5.41) is 11.9. The van der Waals surface area contributed by atoms with Crippen LogP contribution >= 0.6 is 0 Å². The second-order valence-electron chi connectivity index (χ2n) is 7.15. The number of hydrogen-bond acceptors (Lipinski definition) is 5. The fourth-order valence-corrected chi connectivity index (χ4v) is 3.05. The van der Waals surface area contributed by atoms with Gasteiger partial charge in [0.1, 0.15) is 19.0 Å². The summed E-state index contributed by atoms with van der Waals surface area (Å²) in [4.78, 5) is 23.8. The molecule has 1 unspecified atom stereocenters. The Morgan fingerprint density at radius 1 is 1.16 bits per heavy atom. The van der Waals surface area contributed by atoms with Gasteiger partial charge in [-0.25, -0.2) is 4.79 Å². The van der Waals surface area contributed by atoms with Crippen molar-refractivity contribution in [3.05, 3.63) is 60.2 Å². The van der Waals surface area contributed by atoms with Gasteiger partial charge < -0.3 is 24.6 Å². The van der Waals surface area contributed by atoms with Crippen LogP contribution in [0.2, 0.25) is 0 Å². The number of aliphatic carboxylic acids is 1. The minimum atomic E-state index is -1.13. The number of carbonyl (C=O) groups is 2. The summed E-state index contributed by atoms with van der Waals surface area (Å²) in [6, 6.07) is 11.8. The van der Waals surface area contributed by atoms with Gasteiger partial charge in [0.05, 0.1) is 5.69 Å². The lowest BCUT2D eigenvalue weighted by molar-refractivity contribution is -0.147. The average Bonchev–Trinajstić information content (AvgIpc) is 2.78. The van der Waals surface area contributed by atoms with Gasteiger partial charge in [-0.2, -0.15) is 0 Å². The van der Waals surface area contributed by atoms with Crippen molar-refractivity contribution in [3.8, 4) is 17.2 Å². The number of para-hydroxylation sites is 1. The zero-order valence-corrected chi connectivity index (χ0v) is 17.5. The van der Waals surface area contributed by atoms with Gasteiger partial charge >= 0.3 is 5.97 Å². The SMILES string of the molecule is CCCCCC=CCOc1ccc(C(=O)Nc2cccc3c2OC(C(=O)O)CO3)cc1. The van der Waals surface area contributed by atoms with Crippen LogP contribution in [0.25, 0.3) is 0 Å². The van der Waals surface area contributed by atoms with Crippen molar-refractivity contribution in [2.75, 3.05) is 18.5 Å². The molecule has 0 aliphatic carbocycles. The van der Waals surface area contributed by atoms with E-state index in [9.17, 15) is 9.59 Å². The highest BCUT2D eigenvalue weighted by molar-refractivity contribution is 6.05. The van der Waals surface area contributed by atoms with E-state index in [1.165, 1.54) is 19.3 Å². The first kappa shape index (κ1) is 22.2. The molecule has 164 valence electrons. The number of hydrogen-bond donors (Lipinski definition) is 2. The Morgan fingerprint density at radius 2 is 1.97 bits per heavy atom. The minimum Gasteiger partial charge on any atom is -0.490 e. The molecule has 7 nitrogen and oxygen atoms in total. The van der Waals surface area contributed by atoms with Crippen LogP contribution in [-0.2, 0) is 4.79 Å². The fourth-order valence-electron chi connectivity index (χ4n) is 3.05. The molecule has 1 amide bonds. The third-order valence-corrected chi connectivity index (χ3v) is 4.76. The molecule has 0 bridgehead atoms. The highest BCUT2D eigenvalue weighted by atomic mass is 16.6. The summed E-state index contributed by atoms with van der Waals surface area (Å²) in [5.41, 5.74) is 0.786. The van der Waals surface area contributed by atoms with E-state index >= 15 is 0 Å². The maximum Gasteiger partial charge on any atom is 0.348 e. The molecule has 0 radical (unpaired) electrons. The molecule has 1 heterocycles. The smallest absolute Gasteiger partial charge is 0.348 e. The van der Waals surface area contributed by atoms with E-state index in [0.717, 1.165) is 6.42 Å². The standard InChI is InChI=1S/C24H27NO6/c1-2-3-4-5-6-7-15-29-18-13-11-17(12-14-18)23(26)25-19-9-8-10-20-22(19)31-21(16-30-20)24(27)28/h6-14,21H,2-5,15-16H2,1H3,(H,25,26)(H,27,28). The summed E-state index contributed by atoms with van der Waals surface area (Å²) < 4.78 is 16.6. The lowest BCUT2D eigenvalue weighted by atomic mass is 10.2.